The minimum absolute atomic E-state index is 0.190. The first-order valence-electron chi connectivity index (χ1n) is 7.94. The quantitative estimate of drug-likeness (QED) is 0.719. The molecule has 1 unspecified atom stereocenters. The van der Waals surface area contributed by atoms with Crippen LogP contribution in [0, 0.1) is 0 Å². The van der Waals surface area contributed by atoms with Gasteiger partial charge in [-0.1, -0.05) is 17.3 Å². The van der Waals surface area contributed by atoms with Crippen LogP contribution in [0.25, 0.3) is 11.4 Å². The van der Waals surface area contributed by atoms with Crippen LogP contribution in [0.15, 0.2) is 53.3 Å². The highest BCUT2D eigenvalue weighted by molar-refractivity contribution is 5.52. The van der Waals surface area contributed by atoms with Crippen LogP contribution in [0.3, 0.4) is 0 Å². The van der Waals surface area contributed by atoms with Gasteiger partial charge in [0, 0.05) is 31.0 Å². The van der Waals surface area contributed by atoms with E-state index in [1.807, 2.05) is 24.3 Å². The molecule has 0 saturated carbocycles. The normalized spacial score (nSPS) is 17.5. The molecule has 3 heterocycles. The number of hydrogen-bond acceptors (Lipinski definition) is 6. The molecule has 0 radical (unpaired) electrons. The average molecular weight is 322 g/mol. The predicted octanol–water partition coefficient (Wildman–Crippen LogP) is 3.09. The second-order valence-electron chi connectivity index (χ2n) is 5.82. The van der Waals surface area contributed by atoms with E-state index >= 15 is 0 Å². The van der Waals surface area contributed by atoms with Crippen molar-refractivity contribution in [3.05, 3.63) is 60.2 Å². The van der Waals surface area contributed by atoms with E-state index in [-0.39, 0.29) is 6.04 Å². The first-order chi connectivity index (χ1) is 11.8. The fourth-order valence-electron chi connectivity index (χ4n) is 2.86. The molecule has 1 fully saturated rings. The molecule has 24 heavy (non-hydrogen) atoms. The van der Waals surface area contributed by atoms with Crippen molar-refractivity contribution in [1.82, 2.24) is 20.0 Å². The second-order valence-corrected chi connectivity index (χ2v) is 5.82. The lowest BCUT2D eigenvalue weighted by Gasteiger charge is -2.38. The predicted molar refractivity (Wildman–Crippen MR) is 88.3 cm³/mol. The smallest absolute Gasteiger partial charge is 0.244 e. The Bertz CT molecular complexity index is 801. The van der Waals surface area contributed by atoms with Crippen molar-refractivity contribution in [1.29, 1.82) is 0 Å². The van der Waals surface area contributed by atoms with Gasteiger partial charge >= 0.3 is 0 Å². The molecule has 6 nitrogen and oxygen atoms in total. The Hall–Kier alpha value is -2.73. The van der Waals surface area contributed by atoms with Crippen molar-refractivity contribution in [2.45, 2.75) is 19.0 Å². The van der Waals surface area contributed by atoms with Crippen molar-refractivity contribution in [2.75, 3.05) is 13.7 Å². The van der Waals surface area contributed by atoms with Gasteiger partial charge in [-0.3, -0.25) is 9.88 Å². The van der Waals surface area contributed by atoms with Crippen molar-refractivity contribution in [3.63, 3.8) is 0 Å². The SMILES string of the molecule is COc1ccc(CN2CCC2c2nc(-c3ccncc3)no2)cc1. The van der Waals surface area contributed by atoms with E-state index in [2.05, 4.69) is 32.2 Å². The number of rotatable bonds is 5. The minimum atomic E-state index is 0.190. The first-order valence-corrected chi connectivity index (χ1v) is 7.94. The molecule has 6 heteroatoms. The van der Waals surface area contributed by atoms with E-state index in [1.165, 1.54) is 5.56 Å². The van der Waals surface area contributed by atoms with E-state index in [9.17, 15) is 0 Å². The lowest BCUT2D eigenvalue weighted by Crippen LogP contribution is -2.40. The summed E-state index contributed by atoms with van der Waals surface area (Å²) in [6.07, 6.45) is 4.49. The zero-order valence-corrected chi connectivity index (χ0v) is 13.4. The Morgan fingerprint density at radius 3 is 2.62 bits per heavy atom. The molecule has 2 aromatic heterocycles. The molecule has 1 saturated heterocycles. The molecule has 4 rings (SSSR count). The maximum atomic E-state index is 5.48. The molecule has 0 spiro atoms. The van der Waals surface area contributed by atoms with Crippen LogP contribution in [-0.2, 0) is 6.54 Å². The van der Waals surface area contributed by atoms with Crippen molar-refractivity contribution >= 4 is 0 Å². The number of likely N-dealkylation sites (tertiary alicyclic amines) is 1. The molecule has 0 aliphatic carbocycles. The molecule has 1 atom stereocenters. The van der Waals surface area contributed by atoms with Gasteiger partial charge in [-0.05, 0) is 36.2 Å². The monoisotopic (exact) mass is 322 g/mol. The topological polar surface area (TPSA) is 64.3 Å². The number of hydrogen-bond donors (Lipinski definition) is 0. The largest absolute Gasteiger partial charge is 0.497 e. The fraction of sp³-hybridized carbons (Fsp3) is 0.278. The van der Waals surface area contributed by atoms with Crippen molar-refractivity contribution in [2.24, 2.45) is 0 Å². The molecule has 1 aromatic carbocycles. The lowest BCUT2D eigenvalue weighted by molar-refractivity contribution is 0.0561. The van der Waals surface area contributed by atoms with E-state index in [0.29, 0.717) is 11.7 Å². The third kappa shape index (κ3) is 2.88. The molecule has 1 aliphatic rings. The van der Waals surface area contributed by atoms with Crippen molar-refractivity contribution in [3.8, 4) is 17.1 Å². The zero-order valence-electron chi connectivity index (χ0n) is 13.4. The van der Waals surface area contributed by atoms with Crippen LogP contribution >= 0.6 is 0 Å². The molecular formula is C18H18N4O2. The van der Waals surface area contributed by atoms with Crippen LogP contribution in [-0.4, -0.2) is 33.7 Å². The van der Waals surface area contributed by atoms with Gasteiger partial charge in [0.1, 0.15) is 5.75 Å². The molecule has 1 aliphatic heterocycles. The van der Waals surface area contributed by atoms with Gasteiger partial charge < -0.3 is 9.26 Å². The van der Waals surface area contributed by atoms with Gasteiger partial charge in [0.2, 0.25) is 11.7 Å². The molecule has 122 valence electrons. The number of nitrogens with zero attached hydrogens (tertiary/aromatic N) is 4. The molecule has 0 N–H and O–H groups in total. The highest BCUT2D eigenvalue weighted by atomic mass is 16.5. The Kier molecular flexibility index (Phi) is 3.96. The summed E-state index contributed by atoms with van der Waals surface area (Å²) in [7, 11) is 1.68. The van der Waals surface area contributed by atoms with E-state index in [1.54, 1.807) is 19.5 Å². The first kappa shape index (κ1) is 14.8. The summed E-state index contributed by atoms with van der Waals surface area (Å²) in [5.74, 6) is 2.17. The Morgan fingerprint density at radius 2 is 1.96 bits per heavy atom. The third-order valence-electron chi connectivity index (χ3n) is 4.34. The van der Waals surface area contributed by atoms with Crippen LogP contribution in [0.2, 0.25) is 0 Å². The lowest BCUT2D eigenvalue weighted by atomic mass is 10.0. The van der Waals surface area contributed by atoms with Crippen LogP contribution in [0.4, 0.5) is 0 Å². The van der Waals surface area contributed by atoms with E-state index in [4.69, 9.17) is 9.26 Å². The Balaban J connectivity index is 1.46. The maximum Gasteiger partial charge on any atom is 0.244 e. The summed E-state index contributed by atoms with van der Waals surface area (Å²) in [6, 6.07) is 12.1. The van der Waals surface area contributed by atoms with Crippen LogP contribution in [0.5, 0.6) is 5.75 Å². The molecule has 0 amide bonds. The Labute approximate surface area is 140 Å². The van der Waals surface area contributed by atoms with Gasteiger partial charge in [-0.2, -0.15) is 4.98 Å². The maximum absolute atomic E-state index is 5.48. The number of aromatic nitrogens is 3. The highest BCUT2D eigenvalue weighted by Crippen LogP contribution is 2.34. The molecule has 3 aromatic rings. The van der Waals surface area contributed by atoms with Gasteiger partial charge in [0.25, 0.3) is 0 Å². The van der Waals surface area contributed by atoms with Gasteiger partial charge in [0.05, 0.1) is 13.2 Å². The standard InChI is InChI=1S/C18H18N4O2/c1-23-15-4-2-13(3-5-15)12-22-11-8-16(22)18-20-17(21-24-18)14-6-9-19-10-7-14/h2-7,9-10,16H,8,11-12H2,1H3. The summed E-state index contributed by atoms with van der Waals surface area (Å²) in [5.41, 5.74) is 2.16. The molecule has 0 bridgehead atoms. The second kappa shape index (κ2) is 6.41. The third-order valence-corrected chi connectivity index (χ3v) is 4.34. The van der Waals surface area contributed by atoms with Crippen LogP contribution in [0.1, 0.15) is 23.9 Å². The Morgan fingerprint density at radius 1 is 1.17 bits per heavy atom. The number of pyridine rings is 1. The van der Waals surface area contributed by atoms with Crippen LogP contribution < -0.4 is 4.74 Å². The summed E-state index contributed by atoms with van der Waals surface area (Å²) < 4.78 is 10.7. The highest BCUT2D eigenvalue weighted by Gasteiger charge is 2.34. The minimum Gasteiger partial charge on any atom is -0.497 e. The zero-order chi connectivity index (χ0) is 16.4. The fourth-order valence-corrected chi connectivity index (χ4v) is 2.86. The number of benzene rings is 1. The van der Waals surface area contributed by atoms with Gasteiger partial charge in [0.15, 0.2) is 0 Å². The van der Waals surface area contributed by atoms with E-state index < -0.39 is 0 Å². The van der Waals surface area contributed by atoms with E-state index in [0.717, 1.165) is 30.8 Å². The summed E-state index contributed by atoms with van der Waals surface area (Å²) in [4.78, 5) is 10.9. The molecular weight excluding hydrogens is 304 g/mol. The summed E-state index contributed by atoms with van der Waals surface area (Å²) in [5, 5.41) is 4.10. The number of methoxy groups -OCH3 is 1. The van der Waals surface area contributed by atoms with Crippen molar-refractivity contribution < 1.29 is 9.26 Å². The average Bonchev–Trinajstić information content (AvgIpc) is 3.09. The summed E-state index contributed by atoms with van der Waals surface area (Å²) >= 11 is 0. The van der Waals surface area contributed by atoms with Gasteiger partial charge in [-0.25, -0.2) is 0 Å². The summed E-state index contributed by atoms with van der Waals surface area (Å²) in [6.45, 7) is 1.89. The number of ether oxygens (including phenoxy) is 1. The van der Waals surface area contributed by atoms with Gasteiger partial charge in [-0.15, -0.1) is 0 Å².